The zero-order chi connectivity index (χ0) is 11.6. The van der Waals surface area contributed by atoms with E-state index in [9.17, 15) is 13.2 Å². The monoisotopic (exact) mass is 246 g/mol. The Morgan fingerprint density at radius 3 is 2.25 bits per heavy atom. The van der Waals surface area contributed by atoms with Gasteiger partial charge in [0, 0.05) is 5.25 Å². The second-order valence-corrected chi connectivity index (χ2v) is 5.29. The molecule has 1 unspecified atom stereocenters. The van der Waals surface area contributed by atoms with Gasteiger partial charge in [-0.15, -0.1) is 0 Å². The number of alkyl halides is 3. The Kier molecular flexibility index (Phi) is 3.47. The molecule has 0 bridgehead atoms. The van der Waals surface area contributed by atoms with Crippen molar-refractivity contribution < 1.29 is 13.2 Å². The van der Waals surface area contributed by atoms with Gasteiger partial charge in [0.1, 0.15) is 0 Å². The molecule has 0 radical (unpaired) electrons. The van der Waals surface area contributed by atoms with E-state index in [1.165, 1.54) is 25.0 Å². The van der Waals surface area contributed by atoms with Crippen LogP contribution < -0.4 is 0 Å². The lowest BCUT2D eigenvalue weighted by Gasteiger charge is -2.21. The highest BCUT2D eigenvalue weighted by atomic mass is 32.2. The SMILES string of the molecule is FC(F)(F)c1ccc(C2CCCCS2)cc1. The second kappa shape index (κ2) is 4.70. The minimum absolute atomic E-state index is 0.385. The molecule has 0 N–H and O–H groups in total. The first-order valence-electron chi connectivity index (χ1n) is 5.36. The van der Waals surface area contributed by atoms with Crippen LogP contribution in [0.1, 0.15) is 35.6 Å². The number of hydrogen-bond acceptors (Lipinski definition) is 1. The first-order valence-corrected chi connectivity index (χ1v) is 6.41. The topological polar surface area (TPSA) is 0 Å². The molecule has 16 heavy (non-hydrogen) atoms. The Hall–Kier alpha value is -0.640. The molecule has 1 aromatic rings. The van der Waals surface area contributed by atoms with Crippen molar-refractivity contribution in [2.75, 3.05) is 5.75 Å². The lowest BCUT2D eigenvalue weighted by molar-refractivity contribution is -0.137. The molecule has 1 atom stereocenters. The molecule has 1 saturated heterocycles. The quantitative estimate of drug-likeness (QED) is 0.694. The van der Waals surface area contributed by atoms with Gasteiger partial charge in [-0.05, 0) is 36.3 Å². The third kappa shape index (κ3) is 2.73. The van der Waals surface area contributed by atoms with Gasteiger partial charge >= 0.3 is 6.18 Å². The zero-order valence-corrected chi connectivity index (χ0v) is 9.57. The van der Waals surface area contributed by atoms with Crippen LogP contribution in [0.15, 0.2) is 24.3 Å². The fraction of sp³-hybridized carbons (Fsp3) is 0.500. The summed E-state index contributed by atoms with van der Waals surface area (Å²) in [4.78, 5) is 0. The average Bonchev–Trinajstić information content (AvgIpc) is 2.29. The molecular weight excluding hydrogens is 233 g/mol. The first kappa shape index (κ1) is 11.8. The predicted molar refractivity (Wildman–Crippen MR) is 60.5 cm³/mol. The summed E-state index contributed by atoms with van der Waals surface area (Å²) in [5, 5.41) is 0.385. The number of halogens is 3. The van der Waals surface area contributed by atoms with E-state index in [0.717, 1.165) is 17.7 Å². The van der Waals surface area contributed by atoms with Crippen molar-refractivity contribution in [3.63, 3.8) is 0 Å². The summed E-state index contributed by atoms with van der Waals surface area (Å²) in [5.41, 5.74) is 0.467. The van der Waals surface area contributed by atoms with E-state index in [1.54, 1.807) is 12.1 Å². The fourth-order valence-electron chi connectivity index (χ4n) is 1.89. The van der Waals surface area contributed by atoms with Crippen molar-refractivity contribution >= 4 is 11.8 Å². The Bertz CT molecular complexity index is 336. The van der Waals surface area contributed by atoms with E-state index in [0.29, 0.717) is 5.25 Å². The van der Waals surface area contributed by atoms with Crippen LogP contribution >= 0.6 is 11.8 Å². The highest BCUT2D eigenvalue weighted by molar-refractivity contribution is 7.99. The lowest BCUT2D eigenvalue weighted by Crippen LogP contribution is -2.06. The van der Waals surface area contributed by atoms with Crippen molar-refractivity contribution in [3.8, 4) is 0 Å². The molecule has 0 saturated carbocycles. The highest BCUT2D eigenvalue weighted by Gasteiger charge is 2.30. The molecule has 0 aliphatic carbocycles. The summed E-state index contributed by atoms with van der Waals surface area (Å²) in [7, 11) is 0. The van der Waals surface area contributed by atoms with Crippen molar-refractivity contribution in [2.45, 2.75) is 30.7 Å². The van der Waals surface area contributed by atoms with E-state index in [4.69, 9.17) is 0 Å². The third-order valence-electron chi connectivity index (χ3n) is 2.79. The number of thioether (sulfide) groups is 1. The van der Waals surface area contributed by atoms with Crippen LogP contribution in [0.5, 0.6) is 0 Å². The highest BCUT2D eigenvalue weighted by Crippen LogP contribution is 2.39. The van der Waals surface area contributed by atoms with E-state index in [2.05, 4.69) is 0 Å². The van der Waals surface area contributed by atoms with Crippen LogP contribution in [0.3, 0.4) is 0 Å². The van der Waals surface area contributed by atoms with Crippen LogP contribution in [0.2, 0.25) is 0 Å². The fourth-order valence-corrected chi connectivity index (χ4v) is 3.23. The average molecular weight is 246 g/mol. The van der Waals surface area contributed by atoms with Crippen molar-refractivity contribution in [2.24, 2.45) is 0 Å². The molecule has 1 fully saturated rings. The minimum atomic E-state index is -4.22. The van der Waals surface area contributed by atoms with Crippen LogP contribution in [-0.2, 0) is 6.18 Å². The van der Waals surface area contributed by atoms with Gasteiger partial charge in [0.25, 0.3) is 0 Å². The molecule has 88 valence electrons. The molecule has 0 nitrogen and oxygen atoms in total. The molecule has 0 aromatic heterocycles. The van der Waals surface area contributed by atoms with Crippen molar-refractivity contribution in [1.82, 2.24) is 0 Å². The normalized spacial score (nSPS) is 22.1. The molecule has 1 aliphatic heterocycles. The molecule has 1 aliphatic rings. The van der Waals surface area contributed by atoms with Gasteiger partial charge in [-0.25, -0.2) is 0 Å². The van der Waals surface area contributed by atoms with E-state index < -0.39 is 11.7 Å². The number of benzene rings is 1. The van der Waals surface area contributed by atoms with E-state index in [1.807, 2.05) is 11.8 Å². The molecular formula is C12H13F3S. The van der Waals surface area contributed by atoms with Gasteiger partial charge in [-0.3, -0.25) is 0 Å². The summed E-state index contributed by atoms with van der Waals surface area (Å²) in [6, 6.07) is 5.60. The molecule has 2 rings (SSSR count). The summed E-state index contributed by atoms with van der Waals surface area (Å²) in [5.74, 6) is 1.12. The Balaban J connectivity index is 2.12. The maximum atomic E-state index is 12.4. The largest absolute Gasteiger partial charge is 0.416 e. The zero-order valence-electron chi connectivity index (χ0n) is 8.76. The van der Waals surface area contributed by atoms with Crippen molar-refractivity contribution in [3.05, 3.63) is 35.4 Å². The molecule has 1 heterocycles. The maximum Gasteiger partial charge on any atom is 0.416 e. The maximum absolute atomic E-state index is 12.4. The van der Waals surface area contributed by atoms with Crippen LogP contribution in [0.25, 0.3) is 0 Å². The van der Waals surface area contributed by atoms with Crippen molar-refractivity contribution in [1.29, 1.82) is 0 Å². The lowest BCUT2D eigenvalue weighted by atomic mass is 10.0. The summed E-state index contributed by atoms with van der Waals surface area (Å²) < 4.78 is 37.1. The molecule has 0 amide bonds. The smallest absolute Gasteiger partial charge is 0.166 e. The number of rotatable bonds is 1. The third-order valence-corrected chi connectivity index (χ3v) is 4.22. The molecule has 0 spiro atoms. The standard InChI is InChI=1S/C12H13F3S/c13-12(14,15)10-6-4-9(5-7-10)11-3-1-2-8-16-11/h4-7,11H,1-3,8H2. The summed E-state index contributed by atoms with van der Waals surface area (Å²) in [6.45, 7) is 0. The van der Waals surface area contributed by atoms with Crippen LogP contribution in [-0.4, -0.2) is 5.75 Å². The Morgan fingerprint density at radius 2 is 1.75 bits per heavy atom. The van der Waals surface area contributed by atoms with Gasteiger partial charge in [-0.1, -0.05) is 18.6 Å². The first-order chi connectivity index (χ1) is 7.57. The van der Waals surface area contributed by atoms with Crippen LogP contribution in [0.4, 0.5) is 13.2 Å². The Morgan fingerprint density at radius 1 is 1.06 bits per heavy atom. The predicted octanol–water partition coefficient (Wildman–Crippen LogP) is 4.66. The van der Waals surface area contributed by atoms with Crippen LogP contribution in [0, 0.1) is 0 Å². The Labute approximate surface area is 97.2 Å². The van der Waals surface area contributed by atoms with E-state index >= 15 is 0 Å². The van der Waals surface area contributed by atoms with Gasteiger partial charge in [0.2, 0.25) is 0 Å². The van der Waals surface area contributed by atoms with Gasteiger partial charge in [0.15, 0.2) is 0 Å². The summed E-state index contributed by atoms with van der Waals surface area (Å²) >= 11 is 1.85. The molecule has 4 heteroatoms. The van der Waals surface area contributed by atoms with E-state index in [-0.39, 0.29) is 0 Å². The van der Waals surface area contributed by atoms with Gasteiger partial charge < -0.3 is 0 Å². The number of hydrogen-bond donors (Lipinski definition) is 0. The minimum Gasteiger partial charge on any atom is -0.166 e. The van der Waals surface area contributed by atoms with Gasteiger partial charge in [-0.2, -0.15) is 24.9 Å². The molecule has 1 aromatic carbocycles. The second-order valence-electron chi connectivity index (χ2n) is 3.97. The van der Waals surface area contributed by atoms with Gasteiger partial charge in [0.05, 0.1) is 5.56 Å². The summed E-state index contributed by atoms with van der Waals surface area (Å²) in [6.07, 6.45) is -0.741.